The molecule has 6 heteroatoms. The van der Waals surface area contributed by atoms with E-state index in [2.05, 4.69) is 21.4 Å². The lowest BCUT2D eigenvalue weighted by molar-refractivity contribution is 0.502. The molecule has 0 bridgehead atoms. The zero-order chi connectivity index (χ0) is 14.0. The van der Waals surface area contributed by atoms with Crippen LogP contribution in [0.4, 0.5) is 13.2 Å². The predicted octanol–water partition coefficient (Wildman–Crippen LogP) is 3.42. The highest BCUT2D eigenvalue weighted by Crippen LogP contribution is 2.27. The average Bonchev–Trinajstić information content (AvgIpc) is 2.38. The van der Waals surface area contributed by atoms with Crippen molar-refractivity contribution < 1.29 is 13.2 Å². The first-order valence-corrected chi connectivity index (χ1v) is 6.18. The minimum atomic E-state index is -1.01. The SMILES string of the molecule is NNC(c1ccc(F)c(F)c1)c1cc(Br)ccc1F. The van der Waals surface area contributed by atoms with Crippen molar-refractivity contribution in [3.05, 3.63) is 69.4 Å². The fourth-order valence-electron chi connectivity index (χ4n) is 1.79. The van der Waals surface area contributed by atoms with Crippen LogP contribution in [-0.2, 0) is 0 Å². The van der Waals surface area contributed by atoms with Gasteiger partial charge in [0.15, 0.2) is 11.6 Å². The minimum absolute atomic E-state index is 0.239. The van der Waals surface area contributed by atoms with Gasteiger partial charge in [0, 0.05) is 10.0 Å². The minimum Gasteiger partial charge on any atom is -0.271 e. The largest absolute Gasteiger partial charge is 0.271 e. The molecule has 0 saturated heterocycles. The van der Waals surface area contributed by atoms with Gasteiger partial charge in [-0.05, 0) is 35.9 Å². The van der Waals surface area contributed by atoms with Crippen LogP contribution in [0.1, 0.15) is 17.2 Å². The average molecular weight is 331 g/mol. The Morgan fingerprint density at radius 1 is 0.947 bits per heavy atom. The first kappa shape index (κ1) is 14.0. The quantitative estimate of drug-likeness (QED) is 0.668. The highest BCUT2D eigenvalue weighted by Gasteiger charge is 2.18. The lowest BCUT2D eigenvalue weighted by Crippen LogP contribution is -2.29. The van der Waals surface area contributed by atoms with Crippen LogP contribution in [0.25, 0.3) is 0 Å². The van der Waals surface area contributed by atoms with Crippen molar-refractivity contribution in [2.75, 3.05) is 0 Å². The van der Waals surface area contributed by atoms with Gasteiger partial charge in [0.1, 0.15) is 5.82 Å². The molecular formula is C13H10BrF3N2. The van der Waals surface area contributed by atoms with Gasteiger partial charge in [-0.2, -0.15) is 0 Å². The third-order valence-corrected chi connectivity index (χ3v) is 3.21. The normalized spacial score (nSPS) is 12.5. The maximum atomic E-state index is 13.8. The molecule has 1 atom stereocenters. The van der Waals surface area contributed by atoms with Gasteiger partial charge in [0.2, 0.25) is 0 Å². The molecule has 100 valence electrons. The molecule has 0 amide bonds. The summed E-state index contributed by atoms with van der Waals surface area (Å²) in [7, 11) is 0. The molecule has 0 aromatic heterocycles. The number of nitrogens with two attached hydrogens (primary N) is 1. The van der Waals surface area contributed by atoms with Crippen LogP contribution in [0.3, 0.4) is 0 Å². The molecule has 19 heavy (non-hydrogen) atoms. The van der Waals surface area contributed by atoms with Gasteiger partial charge in [-0.3, -0.25) is 5.84 Å². The number of rotatable bonds is 3. The molecular weight excluding hydrogens is 321 g/mol. The van der Waals surface area contributed by atoms with E-state index in [0.29, 0.717) is 10.0 Å². The molecule has 3 N–H and O–H groups in total. The fourth-order valence-corrected chi connectivity index (χ4v) is 2.17. The molecule has 2 aromatic carbocycles. The number of nitrogens with one attached hydrogen (secondary N) is 1. The highest BCUT2D eigenvalue weighted by molar-refractivity contribution is 9.10. The van der Waals surface area contributed by atoms with E-state index in [-0.39, 0.29) is 5.56 Å². The van der Waals surface area contributed by atoms with E-state index < -0.39 is 23.5 Å². The van der Waals surface area contributed by atoms with Crippen molar-refractivity contribution in [3.8, 4) is 0 Å². The Hall–Kier alpha value is -1.37. The van der Waals surface area contributed by atoms with Gasteiger partial charge in [0.05, 0.1) is 6.04 Å². The summed E-state index contributed by atoms with van der Waals surface area (Å²) in [5, 5.41) is 0. The maximum absolute atomic E-state index is 13.8. The molecule has 0 heterocycles. The zero-order valence-corrected chi connectivity index (χ0v) is 11.2. The van der Waals surface area contributed by atoms with E-state index in [1.165, 1.54) is 24.3 Å². The van der Waals surface area contributed by atoms with Gasteiger partial charge in [-0.25, -0.2) is 18.6 Å². The van der Waals surface area contributed by atoms with E-state index >= 15 is 0 Å². The summed E-state index contributed by atoms with van der Waals surface area (Å²) in [5.74, 6) is 2.94. The van der Waals surface area contributed by atoms with E-state index in [1.54, 1.807) is 0 Å². The van der Waals surface area contributed by atoms with E-state index in [0.717, 1.165) is 12.1 Å². The van der Waals surface area contributed by atoms with Gasteiger partial charge >= 0.3 is 0 Å². The van der Waals surface area contributed by atoms with Gasteiger partial charge in [0.25, 0.3) is 0 Å². The van der Waals surface area contributed by atoms with Crippen LogP contribution in [0.2, 0.25) is 0 Å². The monoisotopic (exact) mass is 330 g/mol. The number of hydrogen-bond donors (Lipinski definition) is 2. The third kappa shape index (κ3) is 2.97. The Labute approximate surface area is 116 Å². The number of hydrazine groups is 1. The van der Waals surface area contributed by atoms with E-state index in [4.69, 9.17) is 5.84 Å². The van der Waals surface area contributed by atoms with Gasteiger partial charge in [-0.1, -0.05) is 22.0 Å². The number of hydrogen-bond acceptors (Lipinski definition) is 2. The molecule has 1 unspecified atom stereocenters. The predicted molar refractivity (Wildman–Crippen MR) is 69.6 cm³/mol. The Balaban J connectivity index is 2.49. The second-order valence-corrected chi connectivity index (χ2v) is 4.85. The molecule has 0 saturated carbocycles. The summed E-state index contributed by atoms with van der Waals surface area (Å²) in [4.78, 5) is 0. The third-order valence-electron chi connectivity index (χ3n) is 2.71. The van der Waals surface area contributed by atoms with Crippen molar-refractivity contribution in [3.63, 3.8) is 0 Å². The Kier molecular flexibility index (Phi) is 4.24. The molecule has 0 aliphatic carbocycles. The van der Waals surface area contributed by atoms with Crippen LogP contribution in [0.15, 0.2) is 40.9 Å². The van der Waals surface area contributed by atoms with Crippen molar-refractivity contribution in [2.24, 2.45) is 5.84 Å². The number of halogens is 4. The lowest BCUT2D eigenvalue weighted by atomic mass is 9.98. The van der Waals surface area contributed by atoms with Crippen molar-refractivity contribution in [1.29, 1.82) is 0 Å². The summed E-state index contributed by atoms with van der Waals surface area (Å²) in [6.45, 7) is 0. The van der Waals surface area contributed by atoms with Gasteiger partial charge in [-0.15, -0.1) is 0 Å². The topological polar surface area (TPSA) is 38.0 Å². The maximum Gasteiger partial charge on any atom is 0.159 e. The smallest absolute Gasteiger partial charge is 0.159 e. The first-order valence-electron chi connectivity index (χ1n) is 5.39. The molecule has 0 radical (unpaired) electrons. The van der Waals surface area contributed by atoms with Crippen LogP contribution in [0, 0.1) is 17.5 Å². The van der Waals surface area contributed by atoms with Crippen molar-refractivity contribution >= 4 is 15.9 Å². The lowest BCUT2D eigenvalue weighted by Gasteiger charge is -2.18. The standard InChI is InChI=1S/C13H10BrF3N2/c14-8-2-4-10(15)9(6-8)13(19-18)7-1-3-11(16)12(17)5-7/h1-6,13,19H,18H2. The summed E-state index contributed by atoms with van der Waals surface area (Å²) in [5.41, 5.74) is 2.97. The van der Waals surface area contributed by atoms with Crippen molar-refractivity contribution in [2.45, 2.75) is 6.04 Å². The Morgan fingerprint density at radius 3 is 2.26 bits per heavy atom. The summed E-state index contributed by atoms with van der Waals surface area (Å²) in [6, 6.07) is 6.88. The molecule has 0 aliphatic rings. The molecule has 2 rings (SSSR count). The molecule has 2 aromatic rings. The molecule has 2 nitrogen and oxygen atoms in total. The molecule has 0 aliphatic heterocycles. The highest BCUT2D eigenvalue weighted by atomic mass is 79.9. The van der Waals surface area contributed by atoms with Crippen LogP contribution >= 0.6 is 15.9 Å². The first-order chi connectivity index (χ1) is 9.02. The molecule has 0 spiro atoms. The van der Waals surface area contributed by atoms with Crippen molar-refractivity contribution in [1.82, 2.24) is 5.43 Å². The van der Waals surface area contributed by atoms with Gasteiger partial charge < -0.3 is 0 Å². The zero-order valence-electron chi connectivity index (χ0n) is 9.63. The van der Waals surface area contributed by atoms with Crippen LogP contribution < -0.4 is 11.3 Å². The fraction of sp³-hybridized carbons (Fsp3) is 0.0769. The Morgan fingerprint density at radius 2 is 1.63 bits per heavy atom. The Bertz CT molecular complexity index is 604. The second-order valence-electron chi connectivity index (χ2n) is 3.94. The summed E-state index contributed by atoms with van der Waals surface area (Å²) >= 11 is 3.22. The van der Waals surface area contributed by atoms with E-state index in [9.17, 15) is 13.2 Å². The van der Waals surface area contributed by atoms with Crippen LogP contribution in [-0.4, -0.2) is 0 Å². The summed E-state index contributed by atoms with van der Waals surface area (Å²) < 4.78 is 40.6. The molecule has 0 fully saturated rings. The van der Waals surface area contributed by atoms with Crippen LogP contribution in [0.5, 0.6) is 0 Å². The second kappa shape index (κ2) is 5.73. The number of benzene rings is 2. The van der Waals surface area contributed by atoms with E-state index in [1.807, 2.05) is 0 Å². The summed E-state index contributed by atoms with van der Waals surface area (Å²) in [6.07, 6.45) is 0.